The Hall–Kier alpha value is -0.340. The molecule has 0 aromatic carbocycles. The standard InChI is InChI=1S/C10H18O2/c1-7-5-8(6-11)12-9(7)10(2,3)4/h5,8-9,11H,6H2,1-4H3. The van der Waals surface area contributed by atoms with E-state index in [4.69, 9.17) is 9.84 Å². The summed E-state index contributed by atoms with van der Waals surface area (Å²) in [5.74, 6) is 0. The Morgan fingerprint density at radius 1 is 1.50 bits per heavy atom. The molecule has 1 aliphatic heterocycles. The van der Waals surface area contributed by atoms with Gasteiger partial charge in [-0.3, -0.25) is 0 Å². The molecule has 1 rings (SSSR count). The van der Waals surface area contributed by atoms with Crippen LogP contribution in [-0.4, -0.2) is 23.9 Å². The fourth-order valence-corrected chi connectivity index (χ4v) is 1.68. The van der Waals surface area contributed by atoms with E-state index in [0.717, 1.165) is 0 Å². The zero-order valence-electron chi connectivity index (χ0n) is 8.29. The number of hydrogen-bond acceptors (Lipinski definition) is 2. The molecule has 0 amide bonds. The fourth-order valence-electron chi connectivity index (χ4n) is 1.68. The van der Waals surface area contributed by atoms with E-state index in [1.807, 2.05) is 6.08 Å². The monoisotopic (exact) mass is 170 g/mol. The maximum absolute atomic E-state index is 8.90. The van der Waals surface area contributed by atoms with E-state index in [1.165, 1.54) is 5.57 Å². The maximum Gasteiger partial charge on any atom is 0.0998 e. The van der Waals surface area contributed by atoms with E-state index in [2.05, 4.69) is 27.7 Å². The van der Waals surface area contributed by atoms with Crippen LogP contribution in [0.4, 0.5) is 0 Å². The van der Waals surface area contributed by atoms with Crippen LogP contribution >= 0.6 is 0 Å². The van der Waals surface area contributed by atoms with Gasteiger partial charge >= 0.3 is 0 Å². The van der Waals surface area contributed by atoms with Gasteiger partial charge in [0, 0.05) is 0 Å². The summed E-state index contributed by atoms with van der Waals surface area (Å²) in [5, 5.41) is 8.90. The summed E-state index contributed by atoms with van der Waals surface area (Å²) >= 11 is 0. The topological polar surface area (TPSA) is 29.5 Å². The lowest BCUT2D eigenvalue weighted by atomic mass is 9.86. The summed E-state index contributed by atoms with van der Waals surface area (Å²) in [4.78, 5) is 0. The molecule has 2 heteroatoms. The lowest BCUT2D eigenvalue weighted by Gasteiger charge is -2.28. The van der Waals surface area contributed by atoms with Crippen LogP contribution in [0.5, 0.6) is 0 Å². The molecule has 0 saturated heterocycles. The average molecular weight is 170 g/mol. The van der Waals surface area contributed by atoms with E-state index >= 15 is 0 Å². The average Bonchev–Trinajstić information content (AvgIpc) is 2.29. The van der Waals surface area contributed by atoms with Crippen molar-refractivity contribution in [2.45, 2.75) is 39.9 Å². The van der Waals surface area contributed by atoms with E-state index in [1.54, 1.807) is 0 Å². The van der Waals surface area contributed by atoms with Gasteiger partial charge in [-0.2, -0.15) is 0 Å². The lowest BCUT2D eigenvalue weighted by molar-refractivity contribution is -0.0257. The van der Waals surface area contributed by atoms with Crippen LogP contribution in [-0.2, 0) is 4.74 Å². The molecule has 0 saturated carbocycles. The zero-order valence-corrected chi connectivity index (χ0v) is 8.29. The van der Waals surface area contributed by atoms with Gasteiger partial charge in [0.2, 0.25) is 0 Å². The molecule has 1 aliphatic rings. The molecule has 0 bridgehead atoms. The van der Waals surface area contributed by atoms with Gasteiger partial charge in [-0.1, -0.05) is 26.8 Å². The van der Waals surface area contributed by atoms with E-state index in [-0.39, 0.29) is 24.2 Å². The Balaban J connectivity index is 2.68. The first-order valence-corrected chi connectivity index (χ1v) is 4.40. The number of aliphatic hydroxyl groups excluding tert-OH is 1. The van der Waals surface area contributed by atoms with Gasteiger partial charge in [0.1, 0.15) is 0 Å². The van der Waals surface area contributed by atoms with Crippen molar-refractivity contribution in [1.82, 2.24) is 0 Å². The molecule has 0 fully saturated rings. The first kappa shape index (κ1) is 9.75. The summed E-state index contributed by atoms with van der Waals surface area (Å²) in [6, 6.07) is 0. The predicted octanol–water partition coefficient (Wildman–Crippen LogP) is 1.74. The predicted molar refractivity (Wildman–Crippen MR) is 49.0 cm³/mol. The molecular weight excluding hydrogens is 152 g/mol. The SMILES string of the molecule is CC1=CC(CO)OC1C(C)(C)C. The Morgan fingerprint density at radius 3 is 2.33 bits per heavy atom. The van der Waals surface area contributed by atoms with E-state index in [9.17, 15) is 0 Å². The summed E-state index contributed by atoms with van der Waals surface area (Å²) in [5.41, 5.74) is 1.37. The van der Waals surface area contributed by atoms with Gasteiger partial charge in [-0.15, -0.1) is 0 Å². The molecule has 0 aliphatic carbocycles. The van der Waals surface area contributed by atoms with Crippen molar-refractivity contribution in [3.8, 4) is 0 Å². The van der Waals surface area contributed by atoms with Gasteiger partial charge in [0.25, 0.3) is 0 Å². The van der Waals surface area contributed by atoms with Crippen molar-refractivity contribution in [3.05, 3.63) is 11.6 Å². The zero-order chi connectivity index (χ0) is 9.35. The first-order valence-electron chi connectivity index (χ1n) is 4.40. The minimum atomic E-state index is -0.0887. The highest BCUT2D eigenvalue weighted by Gasteiger charge is 2.33. The molecule has 12 heavy (non-hydrogen) atoms. The molecule has 1 N–H and O–H groups in total. The van der Waals surface area contributed by atoms with Crippen molar-refractivity contribution in [3.63, 3.8) is 0 Å². The molecule has 0 aromatic heterocycles. The number of aliphatic hydroxyl groups is 1. The Kier molecular flexibility index (Phi) is 2.59. The third-order valence-corrected chi connectivity index (χ3v) is 2.14. The number of hydrogen-bond donors (Lipinski definition) is 1. The molecule has 2 atom stereocenters. The van der Waals surface area contributed by atoms with Gasteiger partial charge in [0.15, 0.2) is 0 Å². The van der Waals surface area contributed by atoms with Crippen molar-refractivity contribution < 1.29 is 9.84 Å². The van der Waals surface area contributed by atoms with Crippen LogP contribution in [0.15, 0.2) is 11.6 Å². The van der Waals surface area contributed by atoms with Crippen LogP contribution in [0.2, 0.25) is 0 Å². The molecule has 1 heterocycles. The maximum atomic E-state index is 8.90. The van der Waals surface area contributed by atoms with Crippen LogP contribution in [0.1, 0.15) is 27.7 Å². The van der Waals surface area contributed by atoms with Crippen LogP contribution in [0, 0.1) is 5.41 Å². The van der Waals surface area contributed by atoms with Crippen molar-refractivity contribution in [2.24, 2.45) is 5.41 Å². The molecule has 0 spiro atoms. The highest BCUT2D eigenvalue weighted by atomic mass is 16.5. The fraction of sp³-hybridized carbons (Fsp3) is 0.800. The highest BCUT2D eigenvalue weighted by molar-refractivity contribution is 5.16. The van der Waals surface area contributed by atoms with Crippen LogP contribution in [0.25, 0.3) is 0 Å². The summed E-state index contributed by atoms with van der Waals surface area (Å²) in [7, 11) is 0. The normalized spacial score (nSPS) is 30.6. The third kappa shape index (κ3) is 1.87. The second-order valence-corrected chi connectivity index (χ2v) is 4.51. The van der Waals surface area contributed by atoms with E-state index in [0.29, 0.717) is 0 Å². The Morgan fingerprint density at radius 2 is 2.08 bits per heavy atom. The minimum absolute atomic E-state index is 0.0872. The third-order valence-electron chi connectivity index (χ3n) is 2.14. The smallest absolute Gasteiger partial charge is 0.0998 e. The van der Waals surface area contributed by atoms with Crippen LogP contribution in [0.3, 0.4) is 0 Å². The van der Waals surface area contributed by atoms with E-state index < -0.39 is 0 Å². The van der Waals surface area contributed by atoms with Gasteiger partial charge in [-0.05, 0) is 17.9 Å². The molecular formula is C10H18O2. The largest absolute Gasteiger partial charge is 0.393 e. The first-order chi connectivity index (χ1) is 5.45. The second kappa shape index (κ2) is 3.19. The molecule has 0 radical (unpaired) electrons. The molecule has 2 nitrogen and oxygen atoms in total. The van der Waals surface area contributed by atoms with Gasteiger partial charge in [-0.25, -0.2) is 0 Å². The lowest BCUT2D eigenvalue weighted by Crippen LogP contribution is -2.29. The van der Waals surface area contributed by atoms with Crippen molar-refractivity contribution in [1.29, 1.82) is 0 Å². The van der Waals surface area contributed by atoms with Crippen LogP contribution < -0.4 is 0 Å². The molecule has 2 unspecified atom stereocenters. The summed E-state index contributed by atoms with van der Waals surface area (Å²) < 4.78 is 5.64. The highest BCUT2D eigenvalue weighted by Crippen LogP contribution is 2.33. The van der Waals surface area contributed by atoms with Crippen molar-refractivity contribution >= 4 is 0 Å². The minimum Gasteiger partial charge on any atom is -0.393 e. The number of ether oxygens (including phenoxy) is 1. The summed E-state index contributed by atoms with van der Waals surface area (Å²) in [6.07, 6.45) is 2.08. The quantitative estimate of drug-likeness (QED) is 0.607. The second-order valence-electron chi connectivity index (χ2n) is 4.51. The molecule has 70 valence electrons. The number of rotatable bonds is 1. The Labute approximate surface area is 74.2 Å². The van der Waals surface area contributed by atoms with Gasteiger partial charge < -0.3 is 9.84 Å². The van der Waals surface area contributed by atoms with Gasteiger partial charge in [0.05, 0.1) is 18.8 Å². The molecule has 0 aromatic rings. The van der Waals surface area contributed by atoms with Crippen molar-refractivity contribution in [2.75, 3.05) is 6.61 Å². The summed E-state index contributed by atoms with van der Waals surface area (Å²) in [6.45, 7) is 8.59. The Bertz CT molecular complexity index is 189.